The first-order valence-electron chi connectivity index (χ1n) is 4.83. The number of ketones is 1. The predicted molar refractivity (Wildman–Crippen MR) is 69.0 cm³/mol. The Morgan fingerprint density at radius 2 is 1.94 bits per heavy atom. The van der Waals surface area contributed by atoms with E-state index < -0.39 is 5.82 Å². The highest BCUT2D eigenvalue weighted by Crippen LogP contribution is 2.20. The van der Waals surface area contributed by atoms with E-state index in [-0.39, 0.29) is 11.3 Å². The van der Waals surface area contributed by atoms with Crippen molar-refractivity contribution in [3.8, 4) is 0 Å². The van der Waals surface area contributed by atoms with Crippen molar-refractivity contribution in [2.45, 2.75) is 0 Å². The van der Waals surface area contributed by atoms with Gasteiger partial charge >= 0.3 is 0 Å². The van der Waals surface area contributed by atoms with Gasteiger partial charge in [0.05, 0.1) is 5.56 Å². The van der Waals surface area contributed by atoms with Crippen molar-refractivity contribution in [1.82, 2.24) is 0 Å². The lowest BCUT2D eigenvalue weighted by Gasteiger charge is -2.03. The Balaban J connectivity index is 2.44. The molecule has 0 amide bonds. The van der Waals surface area contributed by atoms with Crippen LogP contribution in [0.25, 0.3) is 0 Å². The van der Waals surface area contributed by atoms with Crippen LogP contribution in [0.15, 0.2) is 46.9 Å². The van der Waals surface area contributed by atoms with Gasteiger partial charge in [-0.1, -0.05) is 39.7 Å². The van der Waals surface area contributed by atoms with Crippen molar-refractivity contribution < 1.29 is 9.18 Å². The van der Waals surface area contributed by atoms with E-state index in [4.69, 9.17) is 11.6 Å². The number of carbonyl (C=O) groups is 1. The molecule has 2 rings (SSSR count). The maximum atomic E-state index is 13.6. The van der Waals surface area contributed by atoms with Crippen LogP contribution < -0.4 is 0 Å². The van der Waals surface area contributed by atoms with Crippen LogP contribution >= 0.6 is 27.5 Å². The summed E-state index contributed by atoms with van der Waals surface area (Å²) in [6.07, 6.45) is 0. The second kappa shape index (κ2) is 4.98. The highest BCUT2D eigenvalue weighted by molar-refractivity contribution is 9.10. The van der Waals surface area contributed by atoms with Crippen molar-refractivity contribution >= 4 is 33.3 Å². The Kier molecular flexibility index (Phi) is 3.60. The minimum absolute atomic E-state index is 0.0375. The van der Waals surface area contributed by atoms with Gasteiger partial charge in [-0.2, -0.15) is 0 Å². The third kappa shape index (κ3) is 2.73. The maximum absolute atomic E-state index is 13.6. The van der Waals surface area contributed by atoms with Crippen LogP contribution in [0.2, 0.25) is 5.02 Å². The molecule has 2 aromatic rings. The van der Waals surface area contributed by atoms with Gasteiger partial charge in [-0.3, -0.25) is 4.79 Å². The Morgan fingerprint density at radius 1 is 1.18 bits per heavy atom. The number of rotatable bonds is 2. The summed E-state index contributed by atoms with van der Waals surface area (Å²) in [5.41, 5.74) is 0.411. The molecule has 0 saturated carbocycles. The van der Waals surface area contributed by atoms with Crippen LogP contribution in [0.1, 0.15) is 15.9 Å². The van der Waals surface area contributed by atoms with E-state index in [1.807, 2.05) is 0 Å². The van der Waals surface area contributed by atoms with E-state index in [9.17, 15) is 9.18 Å². The molecule has 17 heavy (non-hydrogen) atoms. The van der Waals surface area contributed by atoms with Crippen LogP contribution in [0, 0.1) is 5.82 Å². The molecular weight excluding hydrogens is 306 g/mol. The molecule has 1 nitrogen and oxygen atoms in total. The molecule has 0 aliphatic heterocycles. The first-order valence-corrected chi connectivity index (χ1v) is 6.00. The third-order valence-corrected chi connectivity index (χ3v) is 2.99. The average Bonchev–Trinajstić information content (AvgIpc) is 2.28. The smallest absolute Gasteiger partial charge is 0.196 e. The van der Waals surface area contributed by atoms with Crippen molar-refractivity contribution in [1.29, 1.82) is 0 Å². The molecule has 0 N–H and O–H groups in total. The predicted octanol–water partition coefficient (Wildman–Crippen LogP) is 4.47. The highest BCUT2D eigenvalue weighted by atomic mass is 79.9. The Bertz CT molecular complexity index is 583. The fraction of sp³-hybridized carbons (Fsp3) is 0. The second-order valence-corrected chi connectivity index (χ2v) is 4.82. The fourth-order valence-electron chi connectivity index (χ4n) is 1.46. The molecule has 0 fully saturated rings. The quantitative estimate of drug-likeness (QED) is 0.748. The lowest BCUT2D eigenvalue weighted by molar-refractivity contribution is 0.103. The lowest BCUT2D eigenvalue weighted by atomic mass is 10.0. The molecule has 0 radical (unpaired) electrons. The van der Waals surface area contributed by atoms with Crippen LogP contribution in [-0.2, 0) is 0 Å². The van der Waals surface area contributed by atoms with Crippen molar-refractivity contribution in [3.63, 3.8) is 0 Å². The van der Waals surface area contributed by atoms with Gasteiger partial charge in [0, 0.05) is 15.1 Å². The fourth-order valence-corrected chi connectivity index (χ4v) is 1.98. The first-order chi connectivity index (χ1) is 8.08. The maximum Gasteiger partial charge on any atom is 0.196 e. The summed E-state index contributed by atoms with van der Waals surface area (Å²) in [5.74, 6) is -0.929. The molecular formula is C13H7BrClFO. The standard InChI is InChI=1S/C13H7BrClFO/c14-9-4-5-11(12(16)7-9)13(17)8-2-1-3-10(15)6-8/h1-7H. The SMILES string of the molecule is O=C(c1cccc(Cl)c1)c1ccc(Br)cc1F. The molecule has 0 bridgehead atoms. The monoisotopic (exact) mass is 312 g/mol. The van der Waals surface area contributed by atoms with Crippen molar-refractivity contribution in [2.24, 2.45) is 0 Å². The molecule has 0 atom stereocenters. The number of halogens is 3. The normalized spacial score (nSPS) is 10.3. The van der Waals surface area contributed by atoms with E-state index in [0.717, 1.165) is 0 Å². The lowest BCUT2D eigenvalue weighted by Crippen LogP contribution is -2.04. The topological polar surface area (TPSA) is 17.1 Å². The summed E-state index contributed by atoms with van der Waals surface area (Å²) >= 11 is 8.93. The molecule has 0 heterocycles. The zero-order valence-corrected chi connectivity index (χ0v) is 10.9. The largest absolute Gasteiger partial charge is 0.288 e. The van der Waals surface area contributed by atoms with Crippen molar-refractivity contribution in [3.05, 3.63) is 68.9 Å². The van der Waals surface area contributed by atoms with Gasteiger partial charge in [-0.25, -0.2) is 4.39 Å². The minimum atomic E-state index is -0.552. The van der Waals surface area contributed by atoms with Crippen LogP contribution in [0.5, 0.6) is 0 Å². The number of benzene rings is 2. The second-order valence-electron chi connectivity index (χ2n) is 3.46. The van der Waals surface area contributed by atoms with E-state index in [1.54, 1.807) is 24.3 Å². The molecule has 86 valence electrons. The summed E-state index contributed by atoms with van der Waals surface area (Å²) in [7, 11) is 0. The first kappa shape index (κ1) is 12.3. The molecule has 0 aliphatic carbocycles. The zero-order chi connectivity index (χ0) is 12.4. The van der Waals surface area contributed by atoms with E-state index in [1.165, 1.54) is 18.2 Å². The van der Waals surface area contributed by atoms with Crippen LogP contribution in [-0.4, -0.2) is 5.78 Å². The number of carbonyl (C=O) groups excluding carboxylic acids is 1. The van der Waals surface area contributed by atoms with E-state index in [0.29, 0.717) is 15.1 Å². The summed E-state index contributed by atoms with van der Waals surface area (Å²) in [6.45, 7) is 0. The van der Waals surface area contributed by atoms with Crippen LogP contribution in [0.4, 0.5) is 4.39 Å². The summed E-state index contributed by atoms with van der Waals surface area (Å²) in [4.78, 5) is 12.0. The Labute approximate surface area is 111 Å². The molecule has 0 saturated heterocycles. The van der Waals surface area contributed by atoms with Gasteiger partial charge in [0.25, 0.3) is 0 Å². The van der Waals surface area contributed by atoms with Gasteiger partial charge < -0.3 is 0 Å². The molecule has 0 aromatic heterocycles. The average molecular weight is 314 g/mol. The number of hydrogen-bond donors (Lipinski definition) is 0. The molecule has 0 aliphatic rings. The summed E-state index contributed by atoms with van der Waals surface area (Å²) in [6, 6.07) is 10.8. The molecule has 2 aromatic carbocycles. The number of hydrogen-bond acceptors (Lipinski definition) is 1. The minimum Gasteiger partial charge on any atom is -0.288 e. The van der Waals surface area contributed by atoms with Gasteiger partial charge in [-0.15, -0.1) is 0 Å². The van der Waals surface area contributed by atoms with Gasteiger partial charge in [0.1, 0.15) is 5.82 Å². The van der Waals surface area contributed by atoms with E-state index in [2.05, 4.69) is 15.9 Å². The van der Waals surface area contributed by atoms with Gasteiger partial charge in [-0.05, 0) is 30.3 Å². The summed E-state index contributed by atoms with van der Waals surface area (Å²) in [5, 5.41) is 0.452. The Hall–Kier alpha value is -1.19. The third-order valence-electron chi connectivity index (χ3n) is 2.26. The Morgan fingerprint density at radius 3 is 2.59 bits per heavy atom. The van der Waals surface area contributed by atoms with Crippen LogP contribution in [0.3, 0.4) is 0 Å². The molecule has 0 spiro atoms. The molecule has 0 unspecified atom stereocenters. The van der Waals surface area contributed by atoms with E-state index >= 15 is 0 Å². The van der Waals surface area contributed by atoms with Gasteiger partial charge in [0.2, 0.25) is 0 Å². The summed E-state index contributed by atoms with van der Waals surface area (Å²) < 4.78 is 14.2. The van der Waals surface area contributed by atoms with Gasteiger partial charge in [0.15, 0.2) is 5.78 Å². The molecule has 4 heteroatoms. The zero-order valence-electron chi connectivity index (χ0n) is 8.58. The van der Waals surface area contributed by atoms with Crippen molar-refractivity contribution in [2.75, 3.05) is 0 Å². The highest BCUT2D eigenvalue weighted by Gasteiger charge is 2.14.